The summed E-state index contributed by atoms with van der Waals surface area (Å²) in [4.78, 5) is 0. The zero-order chi connectivity index (χ0) is 14.2. The highest BCUT2D eigenvalue weighted by Crippen LogP contribution is 2.39. The molecule has 1 fully saturated rings. The van der Waals surface area contributed by atoms with E-state index in [9.17, 15) is 5.11 Å². The molecule has 3 rings (SSSR count). The monoisotopic (exact) mass is 341 g/mol. The molecule has 4 nitrogen and oxygen atoms in total. The standard InChI is InChI=1S/C15H20BrNO3/c1-15(18)4-5-17-8-12(15)10-2-3-13-14(6-10)19-9-11(7-16)20-13/h2-3,6,11-12,17-18H,4-5,7-9H2,1H3. The molecule has 0 spiro atoms. The number of piperidine rings is 1. The quantitative estimate of drug-likeness (QED) is 0.808. The van der Waals surface area contributed by atoms with Gasteiger partial charge in [0.2, 0.25) is 0 Å². The second-order valence-corrected chi connectivity index (χ2v) is 6.42. The largest absolute Gasteiger partial charge is 0.486 e. The van der Waals surface area contributed by atoms with Crippen LogP contribution in [0, 0.1) is 0 Å². The lowest BCUT2D eigenvalue weighted by Gasteiger charge is -2.38. The Labute approximate surface area is 127 Å². The molecule has 0 aliphatic carbocycles. The van der Waals surface area contributed by atoms with Crippen LogP contribution in [0.4, 0.5) is 0 Å². The summed E-state index contributed by atoms with van der Waals surface area (Å²) in [5, 5.41) is 14.7. The van der Waals surface area contributed by atoms with Crippen LogP contribution < -0.4 is 14.8 Å². The Morgan fingerprint density at radius 3 is 3.05 bits per heavy atom. The lowest BCUT2D eigenvalue weighted by atomic mass is 9.79. The van der Waals surface area contributed by atoms with Crippen molar-refractivity contribution in [2.24, 2.45) is 0 Å². The summed E-state index contributed by atoms with van der Waals surface area (Å²) < 4.78 is 11.6. The molecule has 0 amide bonds. The molecule has 2 N–H and O–H groups in total. The van der Waals surface area contributed by atoms with Crippen molar-refractivity contribution in [3.05, 3.63) is 23.8 Å². The molecular formula is C15H20BrNO3. The predicted molar refractivity (Wildman–Crippen MR) is 81.0 cm³/mol. The minimum atomic E-state index is -0.673. The van der Waals surface area contributed by atoms with Crippen molar-refractivity contribution in [2.45, 2.75) is 31.0 Å². The molecule has 0 aromatic heterocycles. The Kier molecular flexibility index (Phi) is 3.93. The van der Waals surface area contributed by atoms with E-state index in [1.807, 2.05) is 25.1 Å². The number of aliphatic hydroxyl groups is 1. The lowest BCUT2D eigenvalue weighted by molar-refractivity contribution is 0.00761. The third-order valence-electron chi connectivity index (χ3n) is 4.17. The summed E-state index contributed by atoms with van der Waals surface area (Å²) in [6.45, 7) is 4.12. The van der Waals surface area contributed by atoms with E-state index in [4.69, 9.17) is 9.47 Å². The molecule has 1 aromatic carbocycles. The van der Waals surface area contributed by atoms with E-state index >= 15 is 0 Å². The van der Waals surface area contributed by atoms with Gasteiger partial charge in [-0.1, -0.05) is 22.0 Å². The first-order chi connectivity index (χ1) is 9.60. The first-order valence-corrected chi connectivity index (χ1v) is 8.15. The summed E-state index contributed by atoms with van der Waals surface area (Å²) in [6.07, 6.45) is 0.824. The highest BCUT2D eigenvalue weighted by atomic mass is 79.9. The maximum Gasteiger partial charge on any atom is 0.161 e. The highest BCUT2D eigenvalue weighted by molar-refractivity contribution is 9.09. The van der Waals surface area contributed by atoms with Crippen LogP contribution in [0.25, 0.3) is 0 Å². The molecule has 2 aliphatic rings. The van der Waals surface area contributed by atoms with Crippen LogP contribution in [0.5, 0.6) is 11.5 Å². The van der Waals surface area contributed by atoms with E-state index in [1.54, 1.807) is 0 Å². The van der Waals surface area contributed by atoms with Crippen molar-refractivity contribution in [1.29, 1.82) is 0 Å². The number of rotatable bonds is 2. The maximum absolute atomic E-state index is 10.6. The Morgan fingerprint density at radius 2 is 2.30 bits per heavy atom. The number of halogens is 1. The zero-order valence-electron chi connectivity index (χ0n) is 11.6. The molecule has 0 saturated carbocycles. The molecule has 1 aromatic rings. The van der Waals surface area contributed by atoms with E-state index < -0.39 is 5.60 Å². The van der Waals surface area contributed by atoms with Gasteiger partial charge in [-0.25, -0.2) is 0 Å². The van der Waals surface area contributed by atoms with E-state index in [2.05, 4.69) is 21.2 Å². The van der Waals surface area contributed by atoms with Crippen LogP contribution in [0.15, 0.2) is 18.2 Å². The molecule has 5 heteroatoms. The third kappa shape index (κ3) is 2.67. The van der Waals surface area contributed by atoms with E-state index in [1.165, 1.54) is 0 Å². The van der Waals surface area contributed by atoms with Crippen molar-refractivity contribution in [3.63, 3.8) is 0 Å². The van der Waals surface area contributed by atoms with Gasteiger partial charge >= 0.3 is 0 Å². The molecule has 1 saturated heterocycles. The maximum atomic E-state index is 10.6. The van der Waals surface area contributed by atoms with Crippen molar-refractivity contribution in [2.75, 3.05) is 25.0 Å². The van der Waals surface area contributed by atoms with Crippen LogP contribution in [-0.2, 0) is 0 Å². The van der Waals surface area contributed by atoms with Gasteiger partial charge in [-0.2, -0.15) is 0 Å². The zero-order valence-corrected chi connectivity index (χ0v) is 13.1. The fourth-order valence-electron chi connectivity index (χ4n) is 2.88. The molecule has 2 aliphatic heterocycles. The molecule has 2 heterocycles. The summed E-state index contributed by atoms with van der Waals surface area (Å²) in [6, 6.07) is 5.99. The first-order valence-electron chi connectivity index (χ1n) is 7.02. The van der Waals surface area contributed by atoms with Crippen molar-refractivity contribution in [3.8, 4) is 11.5 Å². The molecular weight excluding hydrogens is 322 g/mol. The molecule has 3 unspecified atom stereocenters. The number of nitrogens with one attached hydrogen (secondary N) is 1. The van der Waals surface area contributed by atoms with Gasteiger partial charge in [0, 0.05) is 17.8 Å². The number of hydrogen-bond donors (Lipinski definition) is 2. The van der Waals surface area contributed by atoms with Gasteiger partial charge in [0.25, 0.3) is 0 Å². The molecule has 110 valence electrons. The predicted octanol–water partition coefficient (Wildman–Crippen LogP) is 2.05. The second kappa shape index (κ2) is 5.54. The lowest BCUT2D eigenvalue weighted by Crippen LogP contribution is -2.46. The highest BCUT2D eigenvalue weighted by Gasteiger charge is 2.36. The smallest absolute Gasteiger partial charge is 0.161 e. The Bertz CT molecular complexity index is 492. The summed E-state index contributed by atoms with van der Waals surface area (Å²) >= 11 is 3.41. The van der Waals surface area contributed by atoms with Crippen LogP contribution in [-0.4, -0.2) is 41.8 Å². The van der Waals surface area contributed by atoms with Gasteiger partial charge in [0.1, 0.15) is 12.7 Å². The second-order valence-electron chi connectivity index (χ2n) is 5.78. The summed E-state index contributed by atoms with van der Waals surface area (Å²) in [7, 11) is 0. The van der Waals surface area contributed by atoms with Crippen LogP contribution >= 0.6 is 15.9 Å². The minimum absolute atomic E-state index is 0.0628. The number of hydrogen-bond acceptors (Lipinski definition) is 4. The third-order valence-corrected chi connectivity index (χ3v) is 4.89. The Balaban J connectivity index is 1.85. The van der Waals surface area contributed by atoms with E-state index in [0.717, 1.165) is 41.9 Å². The topological polar surface area (TPSA) is 50.7 Å². The molecule has 20 heavy (non-hydrogen) atoms. The van der Waals surface area contributed by atoms with Crippen LogP contribution in [0.3, 0.4) is 0 Å². The number of fused-ring (bicyclic) bond motifs is 1. The SMILES string of the molecule is CC1(O)CCNCC1c1ccc2c(c1)OCC(CBr)O2. The van der Waals surface area contributed by atoms with Crippen molar-refractivity contribution in [1.82, 2.24) is 5.32 Å². The minimum Gasteiger partial charge on any atom is -0.486 e. The van der Waals surface area contributed by atoms with Gasteiger partial charge < -0.3 is 19.9 Å². The van der Waals surface area contributed by atoms with Crippen molar-refractivity contribution < 1.29 is 14.6 Å². The Hall–Kier alpha value is -0.780. The summed E-state index contributed by atoms with van der Waals surface area (Å²) in [5.74, 6) is 1.65. The average molecular weight is 342 g/mol. The normalized spacial score (nSPS) is 33.0. The van der Waals surface area contributed by atoms with E-state index in [0.29, 0.717) is 6.61 Å². The Morgan fingerprint density at radius 1 is 1.45 bits per heavy atom. The fraction of sp³-hybridized carbons (Fsp3) is 0.600. The number of alkyl halides is 1. The van der Waals surface area contributed by atoms with Crippen LogP contribution in [0.1, 0.15) is 24.8 Å². The fourth-order valence-corrected chi connectivity index (χ4v) is 3.20. The van der Waals surface area contributed by atoms with Gasteiger partial charge in [0.15, 0.2) is 11.5 Å². The van der Waals surface area contributed by atoms with Crippen LogP contribution in [0.2, 0.25) is 0 Å². The molecule has 3 atom stereocenters. The first kappa shape index (κ1) is 14.2. The average Bonchev–Trinajstić information content (AvgIpc) is 2.45. The molecule has 0 bridgehead atoms. The van der Waals surface area contributed by atoms with E-state index in [-0.39, 0.29) is 12.0 Å². The summed E-state index contributed by atoms with van der Waals surface area (Å²) in [5.41, 5.74) is 0.426. The van der Waals surface area contributed by atoms with Gasteiger partial charge in [-0.3, -0.25) is 0 Å². The van der Waals surface area contributed by atoms with Gasteiger partial charge in [0.05, 0.1) is 5.60 Å². The number of benzene rings is 1. The van der Waals surface area contributed by atoms with Crippen molar-refractivity contribution >= 4 is 15.9 Å². The number of ether oxygens (including phenoxy) is 2. The molecule has 0 radical (unpaired) electrons. The van der Waals surface area contributed by atoms with Gasteiger partial charge in [-0.05, 0) is 37.6 Å². The van der Waals surface area contributed by atoms with Gasteiger partial charge in [-0.15, -0.1) is 0 Å².